The maximum Gasteiger partial charge on any atom is 0.239 e. The van der Waals surface area contributed by atoms with Crippen LogP contribution in [0.25, 0.3) is 0 Å². The molecule has 1 unspecified atom stereocenters. The number of hydrogen-bond donors (Lipinski definition) is 2. The van der Waals surface area contributed by atoms with E-state index in [0.717, 1.165) is 5.56 Å². The maximum absolute atomic E-state index is 11.1. The summed E-state index contributed by atoms with van der Waals surface area (Å²) in [6.07, 6.45) is 0. The molecule has 0 saturated carbocycles. The fourth-order valence-corrected chi connectivity index (χ4v) is 1.52. The molecule has 1 amide bonds. The molecule has 1 atom stereocenters. The largest absolute Gasteiger partial charge is 0.368 e. The van der Waals surface area contributed by atoms with Crippen molar-refractivity contribution in [1.82, 2.24) is 5.32 Å². The number of halogens is 1. The molecule has 0 radical (unpaired) electrons. The van der Waals surface area contributed by atoms with Crippen molar-refractivity contribution in [1.29, 1.82) is 0 Å². The van der Waals surface area contributed by atoms with Crippen molar-refractivity contribution in [3.05, 3.63) is 34.9 Å². The van der Waals surface area contributed by atoms with Crippen LogP contribution in [0.15, 0.2) is 24.3 Å². The second-order valence-corrected chi connectivity index (χ2v) is 3.32. The van der Waals surface area contributed by atoms with Gasteiger partial charge in [0.15, 0.2) is 0 Å². The number of likely N-dealkylation sites (N-methyl/N-ethyl adjacent to an activating group) is 1. The first-order valence-corrected chi connectivity index (χ1v) is 4.81. The highest BCUT2D eigenvalue weighted by Crippen LogP contribution is 2.22. The summed E-state index contributed by atoms with van der Waals surface area (Å²) >= 11 is 5.95. The smallest absolute Gasteiger partial charge is 0.239 e. The molecule has 3 N–H and O–H groups in total. The molecule has 0 spiro atoms. The van der Waals surface area contributed by atoms with Crippen molar-refractivity contribution in [2.24, 2.45) is 5.73 Å². The Balaban J connectivity index is 2.99. The molecule has 76 valence electrons. The van der Waals surface area contributed by atoms with Crippen LogP contribution in [0.2, 0.25) is 5.02 Å². The van der Waals surface area contributed by atoms with E-state index >= 15 is 0 Å². The molecular weight excluding hydrogens is 200 g/mol. The van der Waals surface area contributed by atoms with E-state index in [1.165, 1.54) is 0 Å². The van der Waals surface area contributed by atoms with E-state index in [0.29, 0.717) is 11.6 Å². The highest BCUT2D eigenvalue weighted by Gasteiger charge is 2.18. The van der Waals surface area contributed by atoms with Crippen molar-refractivity contribution in [2.45, 2.75) is 13.0 Å². The van der Waals surface area contributed by atoms with Crippen LogP contribution < -0.4 is 11.1 Å². The molecule has 0 bridgehead atoms. The number of benzene rings is 1. The molecule has 0 aromatic heterocycles. The normalized spacial score (nSPS) is 12.4. The fourth-order valence-electron chi connectivity index (χ4n) is 1.28. The lowest BCUT2D eigenvalue weighted by molar-refractivity contribution is -0.120. The lowest BCUT2D eigenvalue weighted by atomic mass is 10.1. The van der Waals surface area contributed by atoms with Crippen LogP contribution in [-0.2, 0) is 4.79 Å². The van der Waals surface area contributed by atoms with Gasteiger partial charge < -0.3 is 11.1 Å². The Morgan fingerprint density at radius 2 is 2.21 bits per heavy atom. The van der Waals surface area contributed by atoms with Crippen molar-refractivity contribution in [3.8, 4) is 0 Å². The molecule has 0 aliphatic heterocycles. The third kappa shape index (κ3) is 2.47. The van der Waals surface area contributed by atoms with Crippen molar-refractivity contribution in [3.63, 3.8) is 0 Å². The highest BCUT2D eigenvalue weighted by atomic mass is 35.5. The molecular formula is C10H13ClN2O. The third-order valence-electron chi connectivity index (χ3n) is 1.91. The van der Waals surface area contributed by atoms with Gasteiger partial charge in [0.05, 0.1) is 0 Å². The van der Waals surface area contributed by atoms with Crippen molar-refractivity contribution < 1.29 is 4.79 Å². The van der Waals surface area contributed by atoms with Crippen LogP contribution >= 0.6 is 11.6 Å². The number of carbonyl (C=O) groups excluding carboxylic acids is 1. The summed E-state index contributed by atoms with van der Waals surface area (Å²) in [7, 11) is 0. The first kappa shape index (κ1) is 11.0. The minimum atomic E-state index is -0.506. The van der Waals surface area contributed by atoms with Gasteiger partial charge in [0, 0.05) is 5.02 Å². The Labute approximate surface area is 88.2 Å². The summed E-state index contributed by atoms with van der Waals surface area (Å²) < 4.78 is 0. The molecule has 0 fully saturated rings. The summed E-state index contributed by atoms with van der Waals surface area (Å²) in [6, 6.07) is 6.67. The first-order valence-electron chi connectivity index (χ1n) is 4.44. The molecule has 1 aromatic rings. The lowest BCUT2D eigenvalue weighted by Gasteiger charge is -2.15. The second-order valence-electron chi connectivity index (χ2n) is 2.91. The van der Waals surface area contributed by atoms with Gasteiger partial charge in [0.1, 0.15) is 6.04 Å². The third-order valence-corrected chi connectivity index (χ3v) is 2.25. The van der Waals surface area contributed by atoms with Gasteiger partial charge >= 0.3 is 0 Å². The number of hydrogen-bond acceptors (Lipinski definition) is 2. The average molecular weight is 213 g/mol. The predicted molar refractivity (Wildman–Crippen MR) is 57.1 cm³/mol. The molecule has 3 nitrogen and oxygen atoms in total. The van der Waals surface area contributed by atoms with Gasteiger partial charge in [-0.25, -0.2) is 0 Å². The first-order chi connectivity index (χ1) is 6.66. The zero-order chi connectivity index (χ0) is 10.6. The quantitative estimate of drug-likeness (QED) is 0.795. The number of rotatable bonds is 4. The summed E-state index contributed by atoms with van der Waals surface area (Å²) in [5, 5.41) is 3.53. The maximum atomic E-state index is 11.1. The van der Waals surface area contributed by atoms with Gasteiger partial charge in [0.2, 0.25) is 5.91 Å². The molecule has 0 aliphatic rings. The van der Waals surface area contributed by atoms with E-state index in [4.69, 9.17) is 17.3 Å². The van der Waals surface area contributed by atoms with Crippen LogP contribution in [0.4, 0.5) is 0 Å². The van der Waals surface area contributed by atoms with E-state index in [2.05, 4.69) is 5.32 Å². The van der Waals surface area contributed by atoms with Crippen LogP contribution in [0.3, 0.4) is 0 Å². The van der Waals surface area contributed by atoms with Crippen molar-refractivity contribution >= 4 is 17.5 Å². The van der Waals surface area contributed by atoms with Gasteiger partial charge in [0.25, 0.3) is 0 Å². The van der Waals surface area contributed by atoms with Gasteiger partial charge in [-0.3, -0.25) is 4.79 Å². The standard InChI is InChI=1S/C10H13ClN2O/c1-2-13-9(10(12)14)7-5-3-4-6-8(7)11/h3-6,9,13H,2H2,1H3,(H2,12,14). The monoisotopic (exact) mass is 212 g/mol. The SMILES string of the molecule is CCNC(C(N)=O)c1ccccc1Cl. The topological polar surface area (TPSA) is 55.1 Å². The van der Waals surface area contributed by atoms with E-state index < -0.39 is 11.9 Å². The Kier molecular flexibility index (Phi) is 3.92. The zero-order valence-electron chi connectivity index (χ0n) is 7.96. The Morgan fingerprint density at radius 1 is 1.57 bits per heavy atom. The van der Waals surface area contributed by atoms with Crippen LogP contribution in [0.1, 0.15) is 18.5 Å². The summed E-state index contributed by atoms with van der Waals surface area (Å²) in [5.74, 6) is -0.417. The minimum Gasteiger partial charge on any atom is -0.368 e. The zero-order valence-corrected chi connectivity index (χ0v) is 8.71. The lowest BCUT2D eigenvalue weighted by Crippen LogP contribution is -2.33. The van der Waals surface area contributed by atoms with Crippen molar-refractivity contribution in [2.75, 3.05) is 6.54 Å². The number of nitrogens with two attached hydrogens (primary N) is 1. The number of carbonyl (C=O) groups is 1. The molecule has 4 heteroatoms. The van der Waals surface area contributed by atoms with E-state index in [1.807, 2.05) is 19.1 Å². The summed E-state index contributed by atoms with van der Waals surface area (Å²) in [4.78, 5) is 11.1. The molecule has 1 aromatic carbocycles. The second kappa shape index (κ2) is 4.98. The number of primary amides is 1. The average Bonchev–Trinajstić information content (AvgIpc) is 2.15. The van der Waals surface area contributed by atoms with E-state index in [9.17, 15) is 4.79 Å². The highest BCUT2D eigenvalue weighted by molar-refractivity contribution is 6.31. The molecule has 0 heterocycles. The van der Waals surface area contributed by atoms with Crippen LogP contribution in [0, 0.1) is 0 Å². The number of nitrogens with one attached hydrogen (secondary N) is 1. The van der Waals surface area contributed by atoms with E-state index in [-0.39, 0.29) is 0 Å². The predicted octanol–water partition coefficient (Wildman–Crippen LogP) is 1.48. The van der Waals surface area contributed by atoms with Gasteiger partial charge in [-0.2, -0.15) is 0 Å². The number of amides is 1. The summed E-state index contributed by atoms with van der Waals surface area (Å²) in [6.45, 7) is 2.58. The van der Waals surface area contributed by atoms with Gasteiger partial charge in [-0.15, -0.1) is 0 Å². The minimum absolute atomic E-state index is 0.417. The molecule has 0 saturated heterocycles. The van der Waals surface area contributed by atoms with Crippen LogP contribution in [-0.4, -0.2) is 12.5 Å². The Morgan fingerprint density at radius 3 is 2.71 bits per heavy atom. The van der Waals surface area contributed by atoms with E-state index in [1.54, 1.807) is 12.1 Å². The Hall–Kier alpha value is -1.06. The summed E-state index contributed by atoms with van der Waals surface area (Å²) in [5.41, 5.74) is 5.99. The fraction of sp³-hybridized carbons (Fsp3) is 0.300. The van der Waals surface area contributed by atoms with Crippen LogP contribution in [0.5, 0.6) is 0 Å². The van der Waals surface area contributed by atoms with Gasteiger partial charge in [-0.05, 0) is 18.2 Å². The molecule has 14 heavy (non-hydrogen) atoms. The Bertz CT molecular complexity index is 328. The molecule has 0 aliphatic carbocycles. The molecule has 1 rings (SSSR count). The van der Waals surface area contributed by atoms with Gasteiger partial charge in [-0.1, -0.05) is 36.7 Å².